The molecule has 0 aliphatic carbocycles. The molecule has 2 fully saturated rings. The van der Waals surface area contributed by atoms with Crippen molar-refractivity contribution in [3.8, 4) is 5.75 Å². The van der Waals surface area contributed by atoms with Crippen LogP contribution >= 0.6 is 0 Å². The lowest BCUT2D eigenvalue weighted by Gasteiger charge is -2.27. The summed E-state index contributed by atoms with van der Waals surface area (Å²) in [5.41, 5.74) is 0.0808. The average molecular weight is 542 g/mol. The lowest BCUT2D eigenvalue weighted by atomic mass is 9.82. The van der Waals surface area contributed by atoms with Crippen molar-refractivity contribution in [2.75, 3.05) is 32.9 Å². The summed E-state index contributed by atoms with van der Waals surface area (Å²) in [6.07, 6.45) is -6.64. The molecular formula is C22H24F6N2O7. The number of aryl methyl sites for hydroxylation is 1. The Morgan fingerprint density at radius 2 is 1.76 bits per heavy atom. The Morgan fingerprint density at radius 3 is 2.24 bits per heavy atom. The van der Waals surface area contributed by atoms with Crippen LogP contribution in [0.15, 0.2) is 41.1 Å². The molecule has 0 bridgehead atoms. The number of ether oxygens (including phenoxy) is 2. The number of pyridine rings is 1. The number of furan rings is 1. The number of halogens is 6. The van der Waals surface area contributed by atoms with Crippen molar-refractivity contribution in [2.24, 2.45) is 11.3 Å². The van der Waals surface area contributed by atoms with E-state index >= 15 is 0 Å². The Hall–Kier alpha value is -3.33. The molecule has 2 N–H and O–H groups in total. The van der Waals surface area contributed by atoms with Crippen molar-refractivity contribution >= 4 is 11.9 Å². The largest absolute Gasteiger partial charge is 0.491 e. The van der Waals surface area contributed by atoms with Crippen molar-refractivity contribution in [1.29, 1.82) is 0 Å². The number of nitrogens with zero attached hydrogens (tertiary/aromatic N) is 2. The van der Waals surface area contributed by atoms with Crippen LogP contribution in [0, 0.1) is 18.3 Å². The second kappa shape index (κ2) is 12.3. The van der Waals surface area contributed by atoms with Crippen molar-refractivity contribution in [3.05, 3.63) is 48.2 Å². The second-order valence-electron chi connectivity index (χ2n) is 8.34. The van der Waals surface area contributed by atoms with Crippen molar-refractivity contribution in [1.82, 2.24) is 9.88 Å². The standard InChI is InChI=1S/C18H22N2O3.2C2HF3O2/c1-14-4-5-17(23-14)9-20-8-15-10-21-12-18(15,11-20)13-22-16-3-2-6-19-7-16;2*3-2(4,5)1(6)7/h2-7,15H,8-13H2,1H3;2*(H,6,7)/t15-,18+;;/m1../s1. The minimum absolute atomic E-state index is 0.0808. The number of likely N-dealkylation sites (tertiary alicyclic amines) is 1. The summed E-state index contributed by atoms with van der Waals surface area (Å²) < 4.78 is 81.0. The monoisotopic (exact) mass is 542 g/mol. The van der Waals surface area contributed by atoms with E-state index in [0.717, 1.165) is 50.1 Å². The van der Waals surface area contributed by atoms with Gasteiger partial charge >= 0.3 is 24.3 Å². The van der Waals surface area contributed by atoms with Crippen molar-refractivity contribution in [3.63, 3.8) is 0 Å². The Labute approximate surface area is 206 Å². The van der Waals surface area contributed by atoms with Gasteiger partial charge in [-0.15, -0.1) is 0 Å². The van der Waals surface area contributed by atoms with Crippen LogP contribution in [0.3, 0.4) is 0 Å². The van der Waals surface area contributed by atoms with Gasteiger partial charge in [-0.25, -0.2) is 9.59 Å². The van der Waals surface area contributed by atoms with Crippen LogP contribution in [0.4, 0.5) is 26.3 Å². The number of aromatic nitrogens is 1. The molecule has 0 amide bonds. The minimum atomic E-state index is -5.08. The molecule has 15 heteroatoms. The quantitative estimate of drug-likeness (QED) is 0.544. The van der Waals surface area contributed by atoms with Gasteiger partial charge in [0, 0.05) is 30.6 Å². The highest BCUT2D eigenvalue weighted by molar-refractivity contribution is 5.73. The fraction of sp³-hybridized carbons (Fsp3) is 0.500. The molecular weight excluding hydrogens is 518 g/mol. The number of fused-ring (bicyclic) bond motifs is 1. The zero-order valence-corrected chi connectivity index (χ0v) is 19.4. The first kappa shape index (κ1) is 29.9. The molecule has 2 aromatic rings. The number of aliphatic carboxylic acids is 2. The van der Waals surface area contributed by atoms with Gasteiger partial charge in [0.1, 0.15) is 17.3 Å². The zero-order chi connectivity index (χ0) is 27.9. The second-order valence-corrected chi connectivity index (χ2v) is 8.34. The minimum Gasteiger partial charge on any atom is -0.491 e. The summed E-state index contributed by atoms with van der Waals surface area (Å²) in [4.78, 5) is 24.4. The molecule has 0 aromatic carbocycles. The topological polar surface area (TPSA) is 122 Å². The van der Waals surface area contributed by atoms with Gasteiger partial charge in [-0.3, -0.25) is 9.88 Å². The lowest BCUT2D eigenvalue weighted by molar-refractivity contribution is -0.193. The highest BCUT2D eigenvalue weighted by Crippen LogP contribution is 2.42. The van der Waals surface area contributed by atoms with Gasteiger partial charge in [-0.05, 0) is 31.2 Å². The van der Waals surface area contributed by atoms with Gasteiger partial charge in [-0.2, -0.15) is 26.3 Å². The molecule has 0 spiro atoms. The van der Waals surface area contributed by atoms with Gasteiger partial charge in [-0.1, -0.05) is 0 Å². The molecule has 37 heavy (non-hydrogen) atoms. The molecule has 2 atom stereocenters. The fourth-order valence-electron chi connectivity index (χ4n) is 3.72. The summed E-state index contributed by atoms with van der Waals surface area (Å²) in [6.45, 7) is 7.14. The highest BCUT2D eigenvalue weighted by Gasteiger charge is 2.51. The van der Waals surface area contributed by atoms with Gasteiger partial charge < -0.3 is 24.1 Å². The number of hydrogen-bond acceptors (Lipinski definition) is 7. The van der Waals surface area contributed by atoms with E-state index in [-0.39, 0.29) is 5.41 Å². The van der Waals surface area contributed by atoms with Crippen LogP contribution in [0.1, 0.15) is 11.5 Å². The van der Waals surface area contributed by atoms with Crippen LogP contribution in [-0.4, -0.2) is 77.3 Å². The third-order valence-electron chi connectivity index (χ3n) is 5.41. The van der Waals surface area contributed by atoms with Crippen LogP contribution in [0.5, 0.6) is 5.75 Å². The molecule has 2 aliphatic heterocycles. The Balaban J connectivity index is 0.000000286. The predicted molar refractivity (Wildman–Crippen MR) is 113 cm³/mol. The van der Waals surface area contributed by atoms with E-state index in [2.05, 4.69) is 16.0 Å². The lowest BCUT2D eigenvalue weighted by Crippen LogP contribution is -2.36. The molecule has 2 aliphatic rings. The molecule has 206 valence electrons. The number of carboxylic acid groups (broad SMARTS) is 2. The Kier molecular flexibility index (Phi) is 9.92. The molecule has 9 nitrogen and oxygen atoms in total. The third kappa shape index (κ3) is 9.24. The number of hydrogen-bond donors (Lipinski definition) is 2. The summed E-state index contributed by atoms with van der Waals surface area (Å²) in [5, 5.41) is 14.2. The first-order valence-corrected chi connectivity index (χ1v) is 10.6. The number of alkyl halides is 6. The van der Waals surface area contributed by atoms with E-state index in [1.165, 1.54) is 0 Å². The van der Waals surface area contributed by atoms with Crippen molar-refractivity contribution in [2.45, 2.75) is 25.8 Å². The number of carboxylic acids is 2. The van der Waals surface area contributed by atoms with E-state index in [4.69, 9.17) is 33.7 Å². The Morgan fingerprint density at radius 1 is 1.14 bits per heavy atom. The molecule has 0 saturated carbocycles. The van der Waals surface area contributed by atoms with Gasteiger partial charge in [0.25, 0.3) is 0 Å². The van der Waals surface area contributed by atoms with Crippen LogP contribution in [-0.2, 0) is 20.9 Å². The van der Waals surface area contributed by atoms with Gasteiger partial charge in [0.2, 0.25) is 0 Å². The average Bonchev–Trinajstić information content (AvgIpc) is 3.47. The number of rotatable bonds is 5. The fourth-order valence-corrected chi connectivity index (χ4v) is 3.72. The van der Waals surface area contributed by atoms with Crippen molar-refractivity contribution < 1.29 is 60.0 Å². The normalized spacial score (nSPS) is 21.2. The maximum Gasteiger partial charge on any atom is 0.490 e. The van der Waals surface area contributed by atoms with E-state index in [9.17, 15) is 26.3 Å². The van der Waals surface area contributed by atoms with E-state index in [1.54, 1.807) is 12.4 Å². The summed E-state index contributed by atoms with van der Waals surface area (Å²) in [6, 6.07) is 7.94. The third-order valence-corrected chi connectivity index (χ3v) is 5.41. The number of carbonyl (C=O) groups is 2. The summed E-state index contributed by atoms with van der Waals surface area (Å²) in [7, 11) is 0. The maximum atomic E-state index is 10.6. The molecule has 2 aromatic heterocycles. The van der Waals surface area contributed by atoms with Gasteiger partial charge in [0.05, 0.1) is 32.6 Å². The zero-order valence-electron chi connectivity index (χ0n) is 19.4. The molecule has 2 saturated heterocycles. The molecule has 4 rings (SSSR count). The maximum absolute atomic E-state index is 10.6. The first-order valence-electron chi connectivity index (χ1n) is 10.6. The van der Waals surface area contributed by atoms with Crippen LogP contribution in [0.2, 0.25) is 0 Å². The van der Waals surface area contributed by atoms with Crippen LogP contribution in [0.25, 0.3) is 0 Å². The van der Waals surface area contributed by atoms with E-state index in [0.29, 0.717) is 12.5 Å². The Bertz CT molecular complexity index is 1000. The van der Waals surface area contributed by atoms with E-state index in [1.807, 2.05) is 25.1 Å². The highest BCUT2D eigenvalue weighted by atomic mass is 19.4. The van der Waals surface area contributed by atoms with E-state index < -0.39 is 24.3 Å². The first-order chi connectivity index (χ1) is 17.1. The summed E-state index contributed by atoms with van der Waals surface area (Å²) in [5.74, 6) is -2.16. The molecule has 0 radical (unpaired) electrons. The molecule has 0 unspecified atom stereocenters. The summed E-state index contributed by atoms with van der Waals surface area (Å²) >= 11 is 0. The predicted octanol–water partition coefficient (Wildman–Crippen LogP) is 3.78. The van der Waals surface area contributed by atoms with Gasteiger partial charge in [0.15, 0.2) is 0 Å². The smallest absolute Gasteiger partial charge is 0.490 e. The SMILES string of the molecule is Cc1ccc(CN2C[C@@H]3COC[C@]3(COc3cccnc3)C2)o1.O=C(O)C(F)(F)F.O=C(O)C(F)(F)F. The molecule has 4 heterocycles. The van der Waals surface area contributed by atoms with Crippen LogP contribution < -0.4 is 4.74 Å².